The van der Waals surface area contributed by atoms with Crippen LogP contribution in [0.25, 0.3) is 11.3 Å². The Labute approximate surface area is 103 Å². The largest absolute Gasteiger partial charge is 0.464 e. The van der Waals surface area contributed by atoms with Gasteiger partial charge in [-0.3, -0.25) is 0 Å². The van der Waals surface area contributed by atoms with Crippen molar-refractivity contribution < 1.29 is 9.53 Å². The maximum absolute atomic E-state index is 11.3. The molecule has 6 nitrogen and oxygen atoms in total. The van der Waals surface area contributed by atoms with Crippen molar-refractivity contribution in [2.45, 2.75) is 0 Å². The minimum Gasteiger partial charge on any atom is -0.464 e. The van der Waals surface area contributed by atoms with Gasteiger partial charge in [0, 0.05) is 11.6 Å². The molecule has 0 spiro atoms. The zero-order chi connectivity index (χ0) is 13.0. The number of hydrogen-bond donors (Lipinski definition) is 0. The van der Waals surface area contributed by atoms with Gasteiger partial charge in [-0.1, -0.05) is 12.1 Å². The minimum atomic E-state index is -0.570. The molecule has 0 saturated carbocycles. The lowest BCUT2D eigenvalue weighted by Gasteiger charge is -2.01. The van der Waals surface area contributed by atoms with Gasteiger partial charge in [-0.25, -0.2) is 4.79 Å². The zero-order valence-electron chi connectivity index (χ0n) is 9.49. The second kappa shape index (κ2) is 5.01. The van der Waals surface area contributed by atoms with E-state index in [9.17, 15) is 4.79 Å². The van der Waals surface area contributed by atoms with Crippen LogP contribution in [-0.4, -0.2) is 28.5 Å². The fraction of sp³-hybridized carbons (Fsp3) is 0.0833. The van der Waals surface area contributed by atoms with Gasteiger partial charge in [0.1, 0.15) is 0 Å². The Hall–Kier alpha value is -2.81. The number of hydrogen-bond acceptors (Lipinski definition) is 6. The van der Waals surface area contributed by atoms with Crippen LogP contribution in [0.5, 0.6) is 0 Å². The van der Waals surface area contributed by atoms with E-state index in [-0.39, 0.29) is 5.69 Å². The standard InChI is InChI=1S/C12H8N4O2/c1-18-12(17)11-6-10(14-16-15-11)9-4-2-8(7-13)3-5-9/h2-6H,1H3. The van der Waals surface area contributed by atoms with Crippen LogP contribution in [0, 0.1) is 11.3 Å². The summed E-state index contributed by atoms with van der Waals surface area (Å²) in [6.07, 6.45) is 0. The quantitative estimate of drug-likeness (QED) is 0.732. The van der Waals surface area contributed by atoms with Gasteiger partial charge in [-0.15, -0.1) is 10.2 Å². The summed E-state index contributed by atoms with van der Waals surface area (Å²) < 4.78 is 4.55. The third kappa shape index (κ3) is 2.30. The van der Waals surface area contributed by atoms with Crippen LogP contribution in [-0.2, 0) is 4.74 Å². The molecule has 0 N–H and O–H groups in total. The molecule has 6 heteroatoms. The van der Waals surface area contributed by atoms with E-state index < -0.39 is 5.97 Å². The molecule has 0 aliphatic rings. The minimum absolute atomic E-state index is 0.0897. The molecule has 2 rings (SSSR count). The van der Waals surface area contributed by atoms with Crippen LogP contribution in [0.4, 0.5) is 0 Å². The third-order valence-electron chi connectivity index (χ3n) is 2.28. The topological polar surface area (TPSA) is 88.8 Å². The van der Waals surface area contributed by atoms with E-state index in [1.807, 2.05) is 6.07 Å². The maximum atomic E-state index is 11.3. The summed E-state index contributed by atoms with van der Waals surface area (Å²) in [6.45, 7) is 0. The molecule has 1 aromatic heterocycles. The number of methoxy groups -OCH3 is 1. The Morgan fingerprint density at radius 1 is 1.28 bits per heavy atom. The average Bonchev–Trinajstić information content (AvgIpc) is 2.46. The van der Waals surface area contributed by atoms with Gasteiger partial charge in [0.2, 0.25) is 0 Å². The summed E-state index contributed by atoms with van der Waals surface area (Å²) in [5.41, 5.74) is 1.88. The number of rotatable bonds is 2. The number of carbonyl (C=O) groups is 1. The van der Waals surface area contributed by atoms with E-state index in [2.05, 4.69) is 20.1 Å². The van der Waals surface area contributed by atoms with Crippen LogP contribution in [0.3, 0.4) is 0 Å². The Kier molecular flexibility index (Phi) is 3.25. The van der Waals surface area contributed by atoms with Crippen molar-refractivity contribution in [1.29, 1.82) is 5.26 Å². The Balaban J connectivity index is 2.38. The number of nitrogens with zero attached hydrogens (tertiary/aromatic N) is 4. The Morgan fingerprint density at radius 2 is 2.00 bits per heavy atom. The summed E-state index contributed by atoms with van der Waals surface area (Å²) >= 11 is 0. The van der Waals surface area contributed by atoms with Crippen molar-refractivity contribution in [1.82, 2.24) is 15.4 Å². The molecule has 2 aromatic rings. The van der Waals surface area contributed by atoms with Gasteiger partial charge in [0.25, 0.3) is 0 Å². The van der Waals surface area contributed by atoms with E-state index in [1.165, 1.54) is 13.2 Å². The molecule has 0 radical (unpaired) electrons. The van der Waals surface area contributed by atoms with Gasteiger partial charge >= 0.3 is 5.97 Å². The summed E-state index contributed by atoms with van der Waals surface area (Å²) in [6, 6.07) is 10.3. The normalized spacial score (nSPS) is 9.56. The number of esters is 1. The molecule has 0 aliphatic heterocycles. The van der Waals surface area contributed by atoms with Crippen LogP contribution >= 0.6 is 0 Å². The number of aromatic nitrogens is 3. The molecule has 1 aromatic carbocycles. The van der Waals surface area contributed by atoms with E-state index in [4.69, 9.17) is 5.26 Å². The lowest BCUT2D eigenvalue weighted by atomic mass is 10.1. The van der Waals surface area contributed by atoms with Crippen LogP contribution < -0.4 is 0 Å². The first-order valence-corrected chi connectivity index (χ1v) is 5.04. The molecule has 0 saturated heterocycles. The van der Waals surface area contributed by atoms with Crippen LogP contribution in [0.15, 0.2) is 30.3 Å². The highest BCUT2D eigenvalue weighted by atomic mass is 16.5. The molecule has 0 fully saturated rings. The first kappa shape index (κ1) is 11.7. The molecule has 18 heavy (non-hydrogen) atoms. The fourth-order valence-electron chi connectivity index (χ4n) is 1.37. The highest BCUT2D eigenvalue weighted by Crippen LogP contribution is 2.17. The van der Waals surface area contributed by atoms with Crippen molar-refractivity contribution >= 4 is 5.97 Å². The Bertz CT molecular complexity index is 617. The van der Waals surface area contributed by atoms with Gasteiger partial charge in [0.15, 0.2) is 5.69 Å². The van der Waals surface area contributed by atoms with Gasteiger partial charge in [-0.2, -0.15) is 5.26 Å². The SMILES string of the molecule is COC(=O)c1cc(-c2ccc(C#N)cc2)nnn1. The number of carbonyl (C=O) groups excluding carboxylic acids is 1. The van der Waals surface area contributed by atoms with Crippen molar-refractivity contribution in [2.24, 2.45) is 0 Å². The second-order valence-corrected chi connectivity index (χ2v) is 3.38. The van der Waals surface area contributed by atoms with E-state index in [1.54, 1.807) is 24.3 Å². The predicted molar refractivity (Wildman–Crippen MR) is 61.3 cm³/mol. The second-order valence-electron chi connectivity index (χ2n) is 3.38. The van der Waals surface area contributed by atoms with Gasteiger partial charge in [0.05, 0.1) is 24.4 Å². The van der Waals surface area contributed by atoms with Crippen molar-refractivity contribution in [3.05, 3.63) is 41.6 Å². The number of benzene rings is 1. The predicted octanol–water partition coefficient (Wildman–Crippen LogP) is 1.20. The van der Waals surface area contributed by atoms with E-state index in [0.29, 0.717) is 11.3 Å². The number of nitriles is 1. The first-order chi connectivity index (χ1) is 8.74. The first-order valence-electron chi connectivity index (χ1n) is 5.04. The smallest absolute Gasteiger partial charge is 0.358 e. The van der Waals surface area contributed by atoms with E-state index in [0.717, 1.165) is 5.56 Å². The molecule has 1 heterocycles. The van der Waals surface area contributed by atoms with Crippen LogP contribution in [0.1, 0.15) is 16.1 Å². The highest BCUT2D eigenvalue weighted by molar-refractivity contribution is 5.88. The molecule has 0 bridgehead atoms. The van der Waals surface area contributed by atoms with E-state index >= 15 is 0 Å². The maximum Gasteiger partial charge on any atom is 0.358 e. The molecule has 0 atom stereocenters. The molecule has 0 aliphatic carbocycles. The highest BCUT2D eigenvalue weighted by Gasteiger charge is 2.10. The van der Waals surface area contributed by atoms with Crippen molar-refractivity contribution in [3.8, 4) is 17.3 Å². The monoisotopic (exact) mass is 240 g/mol. The zero-order valence-corrected chi connectivity index (χ0v) is 9.49. The molecular formula is C12H8N4O2. The summed E-state index contributed by atoms with van der Waals surface area (Å²) in [5.74, 6) is -0.570. The summed E-state index contributed by atoms with van der Waals surface area (Å²) in [7, 11) is 1.27. The van der Waals surface area contributed by atoms with Crippen molar-refractivity contribution in [2.75, 3.05) is 7.11 Å². The van der Waals surface area contributed by atoms with Crippen molar-refractivity contribution in [3.63, 3.8) is 0 Å². The molecule has 0 amide bonds. The summed E-state index contributed by atoms with van der Waals surface area (Å²) in [4.78, 5) is 11.3. The van der Waals surface area contributed by atoms with Crippen LogP contribution in [0.2, 0.25) is 0 Å². The molecular weight excluding hydrogens is 232 g/mol. The lowest BCUT2D eigenvalue weighted by molar-refractivity contribution is 0.0592. The molecule has 0 unspecified atom stereocenters. The molecule has 88 valence electrons. The van der Waals surface area contributed by atoms with Gasteiger partial charge < -0.3 is 4.74 Å². The number of ether oxygens (including phenoxy) is 1. The Morgan fingerprint density at radius 3 is 2.61 bits per heavy atom. The fourth-order valence-corrected chi connectivity index (χ4v) is 1.37. The average molecular weight is 240 g/mol. The lowest BCUT2D eigenvalue weighted by Crippen LogP contribution is -2.07. The summed E-state index contributed by atoms with van der Waals surface area (Å²) in [5, 5.41) is 19.6. The van der Waals surface area contributed by atoms with Gasteiger partial charge in [-0.05, 0) is 17.3 Å². The third-order valence-corrected chi connectivity index (χ3v) is 2.28.